The molecule has 22 heavy (non-hydrogen) atoms. The van der Waals surface area contributed by atoms with Crippen molar-refractivity contribution in [1.82, 2.24) is 5.32 Å². The van der Waals surface area contributed by atoms with Crippen molar-refractivity contribution in [3.8, 4) is 0 Å². The number of anilines is 1. The number of furan rings is 1. The highest BCUT2D eigenvalue weighted by molar-refractivity contribution is 6.01. The SMILES string of the molecule is CC(=O)c1cccc(NC(=O)[C@@H](C)NC(=O)c2ccco2)c1. The van der Waals surface area contributed by atoms with Crippen LogP contribution in [0.4, 0.5) is 5.69 Å². The quantitative estimate of drug-likeness (QED) is 0.829. The van der Waals surface area contributed by atoms with E-state index in [4.69, 9.17) is 4.42 Å². The number of rotatable bonds is 5. The molecule has 0 aliphatic rings. The molecule has 1 aromatic carbocycles. The topological polar surface area (TPSA) is 88.4 Å². The lowest BCUT2D eigenvalue weighted by Gasteiger charge is -2.13. The lowest BCUT2D eigenvalue weighted by atomic mass is 10.1. The summed E-state index contributed by atoms with van der Waals surface area (Å²) in [4.78, 5) is 35.2. The molecule has 2 aromatic rings. The zero-order valence-corrected chi connectivity index (χ0v) is 12.3. The van der Waals surface area contributed by atoms with Gasteiger partial charge in [-0.25, -0.2) is 0 Å². The minimum atomic E-state index is -0.751. The molecule has 6 heteroatoms. The summed E-state index contributed by atoms with van der Waals surface area (Å²) in [7, 11) is 0. The average Bonchev–Trinajstić information content (AvgIpc) is 3.01. The second-order valence-corrected chi connectivity index (χ2v) is 4.80. The molecule has 0 saturated carbocycles. The van der Waals surface area contributed by atoms with Crippen LogP contribution in [-0.2, 0) is 4.79 Å². The van der Waals surface area contributed by atoms with Crippen LogP contribution in [0.1, 0.15) is 34.8 Å². The molecule has 2 amide bonds. The molecular weight excluding hydrogens is 284 g/mol. The fraction of sp³-hybridized carbons (Fsp3) is 0.188. The van der Waals surface area contributed by atoms with Gasteiger partial charge in [-0.3, -0.25) is 14.4 Å². The van der Waals surface area contributed by atoms with E-state index in [9.17, 15) is 14.4 Å². The van der Waals surface area contributed by atoms with Crippen molar-refractivity contribution in [2.24, 2.45) is 0 Å². The maximum absolute atomic E-state index is 12.1. The smallest absolute Gasteiger partial charge is 0.287 e. The molecule has 2 N–H and O–H groups in total. The molecule has 2 rings (SSSR count). The predicted octanol–water partition coefficient (Wildman–Crippen LogP) is 2.24. The highest BCUT2D eigenvalue weighted by Gasteiger charge is 2.18. The number of ketones is 1. The third-order valence-corrected chi connectivity index (χ3v) is 3.02. The van der Waals surface area contributed by atoms with Gasteiger partial charge in [-0.1, -0.05) is 12.1 Å². The molecule has 6 nitrogen and oxygen atoms in total. The van der Waals surface area contributed by atoms with E-state index in [0.717, 1.165) is 0 Å². The number of Topliss-reactive ketones (excluding diaryl/α,β-unsaturated/α-hetero) is 1. The zero-order valence-electron chi connectivity index (χ0n) is 12.3. The van der Waals surface area contributed by atoms with Gasteiger partial charge in [0, 0.05) is 11.3 Å². The van der Waals surface area contributed by atoms with Crippen LogP contribution >= 0.6 is 0 Å². The van der Waals surface area contributed by atoms with Crippen LogP contribution in [0.5, 0.6) is 0 Å². The Balaban J connectivity index is 1.98. The summed E-state index contributed by atoms with van der Waals surface area (Å²) < 4.78 is 4.96. The van der Waals surface area contributed by atoms with Gasteiger partial charge in [0.25, 0.3) is 5.91 Å². The van der Waals surface area contributed by atoms with E-state index in [1.807, 2.05) is 0 Å². The fourth-order valence-electron chi connectivity index (χ4n) is 1.81. The molecule has 0 aliphatic heterocycles. The molecule has 0 bridgehead atoms. The van der Waals surface area contributed by atoms with Gasteiger partial charge in [-0.05, 0) is 38.1 Å². The van der Waals surface area contributed by atoms with Crippen molar-refractivity contribution in [3.63, 3.8) is 0 Å². The maximum Gasteiger partial charge on any atom is 0.287 e. The Labute approximate surface area is 127 Å². The second-order valence-electron chi connectivity index (χ2n) is 4.80. The molecule has 1 heterocycles. The van der Waals surface area contributed by atoms with Gasteiger partial charge in [0.2, 0.25) is 5.91 Å². The number of amides is 2. The van der Waals surface area contributed by atoms with Gasteiger partial charge >= 0.3 is 0 Å². The maximum atomic E-state index is 12.1. The monoisotopic (exact) mass is 300 g/mol. The number of hydrogen-bond donors (Lipinski definition) is 2. The molecule has 0 aliphatic carbocycles. The molecule has 0 fully saturated rings. The van der Waals surface area contributed by atoms with E-state index in [1.54, 1.807) is 37.3 Å². The first kappa shape index (κ1) is 15.5. The molecule has 0 spiro atoms. The molecule has 1 atom stereocenters. The van der Waals surface area contributed by atoms with E-state index in [0.29, 0.717) is 11.3 Å². The van der Waals surface area contributed by atoms with E-state index >= 15 is 0 Å². The van der Waals surface area contributed by atoms with Crippen molar-refractivity contribution in [3.05, 3.63) is 54.0 Å². The highest BCUT2D eigenvalue weighted by atomic mass is 16.3. The molecular formula is C16H16N2O4. The summed E-state index contributed by atoms with van der Waals surface area (Å²) in [6.45, 7) is 3.01. The first-order valence-electron chi connectivity index (χ1n) is 6.73. The lowest BCUT2D eigenvalue weighted by Crippen LogP contribution is -2.41. The van der Waals surface area contributed by atoms with Crippen LogP contribution in [0.3, 0.4) is 0 Å². The van der Waals surface area contributed by atoms with Crippen molar-refractivity contribution < 1.29 is 18.8 Å². The summed E-state index contributed by atoms with van der Waals surface area (Å²) in [6.07, 6.45) is 1.38. The van der Waals surface area contributed by atoms with Gasteiger partial charge in [0.1, 0.15) is 6.04 Å². The minimum absolute atomic E-state index is 0.0877. The standard InChI is InChI=1S/C16H16N2O4/c1-10(17-16(21)14-7-4-8-22-14)15(20)18-13-6-3-5-12(9-13)11(2)19/h3-10H,1-2H3,(H,17,21)(H,18,20)/t10-/m1/s1. The van der Waals surface area contributed by atoms with Crippen LogP contribution in [0.15, 0.2) is 47.1 Å². The van der Waals surface area contributed by atoms with E-state index in [1.165, 1.54) is 19.3 Å². The van der Waals surface area contributed by atoms with Crippen molar-refractivity contribution in [1.29, 1.82) is 0 Å². The predicted molar refractivity (Wildman–Crippen MR) is 80.7 cm³/mol. The number of carbonyl (C=O) groups is 3. The normalized spacial score (nSPS) is 11.5. The third-order valence-electron chi connectivity index (χ3n) is 3.02. The number of benzene rings is 1. The number of carbonyl (C=O) groups excluding carboxylic acids is 3. The first-order valence-corrected chi connectivity index (χ1v) is 6.73. The van der Waals surface area contributed by atoms with Crippen molar-refractivity contribution in [2.45, 2.75) is 19.9 Å². The molecule has 1 aromatic heterocycles. The van der Waals surface area contributed by atoms with Crippen LogP contribution < -0.4 is 10.6 Å². The molecule has 0 saturated heterocycles. The van der Waals surface area contributed by atoms with Crippen molar-refractivity contribution >= 4 is 23.3 Å². The van der Waals surface area contributed by atoms with Crippen molar-refractivity contribution in [2.75, 3.05) is 5.32 Å². The third kappa shape index (κ3) is 3.82. The Morgan fingerprint density at radius 3 is 2.55 bits per heavy atom. The average molecular weight is 300 g/mol. The Kier molecular flexibility index (Phi) is 4.73. The summed E-state index contributed by atoms with van der Waals surface area (Å²) in [6, 6.07) is 8.95. The molecule has 114 valence electrons. The summed E-state index contributed by atoms with van der Waals surface area (Å²) >= 11 is 0. The molecule has 0 unspecified atom stereocenters. The van der Waals surface area contributed by atoms with E-state index < -0.39 is 11.9 Å². The Bertz CT molecular complexity index is 692. The lowest BCUT2D eigenvalue weighted by molar-refractivity contribution is -0.117. The van der Waals surface area contributed by atoms with Gasteiger partial charge in [0.05, 0.1) is 6.26 Å². The van der Waals surface area contributed by atoms with Gasteiger partial charge in [0.15, 0.2) is 11.5 Å². The fourth-order valence-corrected chi connectivity index (χ4v) is 1.81. The summed E-state index contributed by atoms with van der Waals surface area (Å²) in [5.41, 5.74) is 1.00. The van der Waals surface area contributed by atoms with E-state index in [-0.39, 0.29) is 17.5 Å². The van der Waals surface area contributed by atoms with Gasteiger partial charge in [-0.15, -0.1) is 0 Å². The molecule has 0 radical (unpaired) electrons. The summed E-state index contributed by atoms with van der Waals surface area (Å²) in [5.74, 6) is -0.806. The Hall–Kier alpha value is -2.89. The zero-order chi connectivity index (χ0) is 16.1. The van der Waals surface area contributed by atoms with Crippen LogP contribution in [-0.4, -0.2) is 23.6 Å². The van der Waals surface area contributed by atoms with Crippen LogP contribution in [0.2, 0.25) is 0 Å². The largest absolute Gasteiger partial charge is 0.459 e. The van der Waals surface area contributed by atoms with Crippen LogP contribution in [0, 0.1) is 0 Å². The number of hydrogen-bond acceptors (Lipinski definition) is 4. The first-order chi connectivity index (χ1) is 10.5. The Morgan fingerprint density at radius 1 is 1.14 bits per heavy atom. The minimum Gasteiger partial charge on any atom is -0.459 e. The van der Waals surface area contributed by atoms with E-state index in [2.05, 4.69) is 10.6 Å². The Morgan fingerprint density at radius 2 is 1.91 bits per heavy atom. The second kappa shape index (κ2) is 6.71. The number of nitrogens with one attached hydrogen (secondary N) is 2. The summed E-state index contributed by atoms with van der Waals surface area (Å²) in [5, 5.41) is 5.18. The highest BCUT2D eigenvalue weighted by Crippen LogP contribution is 2.11. The van der Waals surface area contributed by atoms with Gasteiger partial charge < -0.3 is 15.1 Å². The van der Waals surface area contributed by atoms with Gasteiger partial charge in [-0.2, -0.15) is 0 Å². The van der Waals surface area contributed by atoms with Crippen LogP contribution in [0.25, 0.3) is 0 Å².